The maximum Gasteiger partial charge on any atom is 0.145 e. The van der Waals surface area contributed by atoms with Gasteiger partial charge < -0.3 is 9.90 Å². The van der Waals surface area contributed by atoms with Gasteiger partial charge in [0.2, 0.25) is 0 Å². The molecule has 0 saturated heterocycles. The zero-order chi connectivity index (χ0) is 21.7. The summed E-state index contributed by atoms with van der Waals surface area (Å²) in [5.74, 6) is -1.48. The van der Waals surface area contributed by atoms with Gasteiger partial charge in [-0.25, -0.2) is 0 Å². The third kappa shape index (κ3) is 3.70. The second-order valence-electron chi connectivity index (χ2n) is 6.80. The molecule has 0 fully saturated rings. The number of benzene rings is 4. The lowest BCUT2D eigenvalue weighted by atomic mass is 10.2. The number of hydrogen-bond acceptors (Lipinski definition) is 2. The van der Waals surface area contributed by atoms with E-state index >= 15 is 0 Å². The smallest absolute Gasteiger partial charge is 0.145 e. The number of carbonyl (C=O) groups is 1. The van der Waals surface area contributed by atoms with Crippen LogP contribution in [0.4, 0.5) is 0 Å². The van der Waals surface area contributed by atoms with Crippen LogP contribution in [0.5, 0.6) is 0 Å². The van der Waals surface area contributed by atoms with Crippen LogP contribution >= 0.6 is 7.26 Å². The predicted molar refractivity (Wildman–Crippen MR) is 125 cm³/mol. The first kappa shape index (κ1) is 18.5. The molecule has 0 radical (unpaired) electrons. The molecule has 3 heteroatoms. The molecule has 2 nitrogen and oxygen atoms in total. The third-order valence-electron chi connectivity index (χ3n) is 5.03. The molecule has 146 valence electrons. The van der Waals surface area contributed by atoms with E-state index in [1.807, 2.05) is 121 Å². The van der Waals surface area contributed by atoms with Crippen molar-refractivity contribution in [1.29, 1.82) is 0 Å². The Morgan fingerprint density at radius 1 is 0.633 bits per heavy atom. The van der Waals surface area contributed by atoms with E-state index in [9.17, 15) is 9.90 Å². The van der Waals surface area contributed by atoms with Crippen molar-refractivity contribution in [2.75, 3.05) is 0 Å². The quantitative estimate of drug-likeness (QED) is 0.359. The molecule has 4 aromatic rings. The number of carboxylic acids is 1. The molecule has 0 aliphatic rings. The lowest BCUT2D eigenvalue weighted by Gasteiger charge is -2.30. The highest BCUT2D eigenvalue weighted by Crippen LogP contribution is 2.66. The van der Waals surface area contributed by atoms with Crippen LogP contribution in [-0.4, -0.2) is 5.97 Å². The number of aliphatic carboxylic acids is 1. The highest BCUT2D eigenvalue weighted by Gasteiger charge is 2.49. The van der Waals surface area contributed by atoms with Gasteiger partial charge in [0.25, 0.3) is 0 Å². The average Bonchev–Trinajstić information content (AvgIpc) is 2.84. The summed E-state index contributed by atoms with van der Waals surface area (Å²) in [5, 5.41) is 15.5. The van der Waals surface area contributed by atoms with Crippen LogP contribution in [0.3, 0.4) is 0 Å². The highest BCUT2D eigenvalue weighted by atomic mass is 31.2. The fraction of sp³-hybridized carbons (Fsp3) is 0. The topological polar surface area (TPSA) is 40.1 Å². The Kier molecular flexibility index (Phi) is 5.50. The zero-order valence-corrected chi connectivity index (χ0v) is 17.2. The minimum atomic E-state index is -2.72. The molecule has 0 amide bonds. The Balaban J connectivity index is 2.24. The Hall–Kier alpha value is -3.48. The van der Waals surface area contributed by atoms with Gasteiger partial charge in [0.05, 0.1) is 7.34 Å². The maximum absolute atomic E-state index is 12.1. The maximum atomic E-state index is 12.1. The van der Waals surface area contributed by atoms with Gasteiger partial charge in [-0.3, -0.25) is 0 Å². The van der Waals surface area contributed by atoms with E-state index in [0.717, 1.165) is 15.9 Å². The van der Waals surface area contributed by atoms with Crippen molar-refractivity contribution < 1.29 is 11.3 Å². The van der Waals surface area contributed by atoms with Gasteiger partial charge in [-0.05, 0) is 36.4 Å². The van der Waals surface area contributed by atoms with Gasteiger partial charge in [0, 0.05) is 11.6 Å². The molecule has 0 N–H and O–H groups in total. The first-order valence-electron chi connectivity index (χ1n) is 10.2. The predicted octanol–water partition coefficient (Wildman–Crippen LogP) is 3.77. The normalized spacial score (nSPS) is 12.6. The van der Waals surface area contributed by atoms with E-state index in [1.54, 1.807) is 0 Å². The molecule has 0 aromatic heterocycles. The van der Waals surface area contributed by atoms with Gasteiger partial charge in [-0.15, -0.1) is 0 Å². The summed E-state index contributed by atoms with van der Waals surface area (Å²) in [6.07, 6.45) is 0. The average molecular weight is 409 g/mol. The van der Waals surface area contributed by atoms with Gasteiger partial charge >= 0.3 is 0 Å². The lowest BCUT2D eigenvalue weighted by molar-refractivity contribution is -0.297. The second-order valence-corrected chi connectivity index (χ2v) is 10.1. The van der Waals surface area contributed by atoms with Crippen LogP contribution in [0.25, 0.3) is 5.31 Å². The summed E-state index contributed by atoms with van der Waals surface area (Å²) in [7, 11) is -2.72. The van der Waals surface area contributed by atoms with Crippen molar-refractivity contribution in [3.63, 3.8) is 0 Å². The summed E-state index contributed by atoms with van der Waals surface area (Å²) >= 11 is 0. The molecule has 0 aliphatic carbocycles. The molecule has 0 spiro atoms. The van der Waals surface area contributed by atoms with Crippen LogP contribution in [-0.2, 0) is 4.79 Å². The minimum absolute atomic E-state index is 0.483. The molecular weight excluding hydrogens is 387 g/mol. The second kappa shape index (κ2) is 8.90. The summed E-state index contributed by atoms with van der Waals surface area (Å²) in [6, 6.07) is 38.6. The minimum Gasteiger partial charge on any atom is -0.545 e. The number of carbonyl (C=O) groups excluding carboxylic acids is 1. The van der Waals surface area contributed by atoms with Crippen molar-refractivity contribution in [1.82, 2.24) is 0 Å². The largest absolute Gasteiger partial charge is 0.545 e. The van der Waals surface area contributed by atoms with Gasteiger partial charge in [-0.1, -0.05) is 84.9 Å². The van der Waals surface area contributed by atoms with Gasteiger partial charge in [-0.2, -0.15) is 0 Å². The molecule has 0 aliphatic heterocycles. The van der Waals surface area contributed by atoms with Crippen LogP contribution < -0.4 is 21.0 Å². The molecule has 0 unspecified atom stereocenters. The Morgan fingerprint density at radius 2 is 0.967 bits per heavy atom. The van der Waals surface area contributed by atoms with E-state index < -0.39 is 19.3 Å². The van der Waals surface area contributed by atoms with Crippen LogP contribution in [0, 0.1) is 0 Å². The van der Waals surface area contributed by atoms with E-state index in [2.05, 4.69) is 0 Å². The fourth-order valence-corrected chi connectivity index (χ4v) is 8.15. The standard InChI is InChI=1S/C27H21O2P/c28-27(29)21-26(22-13-5-1-6-14-22)30(23-15-7-2-8-16-23,24-17-9-3-10-18-24)25-19-11-4-12-20-25/h1-21H/b26-21+/i21D. The first-order valence-corrected chi connectivity index (χ1v) is 11.5. The van der Waals surface area contributed by atoms with Crippen LogP contribution in [0.1, 0.15) is 6.93 Å². The monoisotopic (exact) mass is 409 g/mol. The Bertz CT molecular complexity index is 1090. The van der Waals surface area contributed by atoms with Crippen molar-refractivity contribution in [2.24, 2.45) is 0 Å². The molecular formula is C27H21O2P. The van der Waals surface area contributed by atoms with E-state index in [1.165, 1.54) is 0 Å². The number of hydrogen-bond donors (Lipinski definition) is 0. The van der Waals surface area contributed by atoms with Crippen LogP contribution in [0.15, 0.2) is 127 Å². The highest BCUT2D eigenvalue weighted by molar-refractivity contribution is 8.03. The Labute approximate surface area is 178 Å². The first-order chi connectivity index (χ1) is 15.2. The van der Waals surface area contributed by atoms with Gasteiger partial charge in [0.1, 0.15) is 28.5 Å². The molecule has 0 atom stereocenters. The van der Waals surface area contributed by atoms with Crippen molar-refractivity contribution in [3.8, 4) is 0 Å². The van der Waals surface area contributed by atoms with Crippen LogP contribution in [0.2, 0.25) is 0 Å². The summed E-state index contributed by atoms with van der Waals surface area (Å²) in [6.45, 7) is 0. The zero-order valence-electron chi connectivity index (χ0n) is 17.3. The molecule has 30 heavy (non-hydrogen) atoms. The Morgan fingerprint density at radius 3 is 1.30 bits per heavy atom. The number of rotatable bonds is 6. The van der Waals surface area contributed by atoms with Crippen molar-refractivity contribution >= 4 is 34.5 Å². The van der Waals surface area contributed by atoms with E-state index in [0.29, 0.717) is 10.9 Å². The summed E-state index contributed by atoms with van der Waals surface area (Å²) in [5.41, 5.74) is 0.710. The third-order valence-corrected chi connectivity index (χ3v) is 9.29. The van der Waals surface area contributed by atoms with Crippen molar-refractivity contribution in [3.05, 3.63) is 133 Å². The number of carboxylic acid groups (broad SMARTS) is 1. The summed E-state index contributed by atoms with van der Waals surface area (Å²) < 4.78 is 8.67. The fourth-order valence-electron chi connectivity index (χ4n) is 3.83. The summed E-state index contributed by atoms with van der Waals surface area (Å²) in [4.78, 5) is 12.1. The molecule has 0 heterocycles. The lowest BCUT2D eigenvalue weighted by Crippen LogP contribution is -2.33. The van der Waals surface area contributed by atoms with Crippen molar-refractivity contribution in [2.45, 2.75) is 0 Å². The molecule has 0 saturated carbocycles. The van der Waals surface area contributed by atoms with E-state index in [-0.39, 0.29) is 0 Å². The molecule has 4 aromatic carbocycles. The SMILES string of the molecule is [2H]/C(C(=O)[O-])=C(/c1ccccc1)[P+](c1ccccc1)(c1ccccc1)c1ccccc1. The molecule has 4 rings (SSSR count). The van der Waals surface area contributed by atoms with E-state index in [4.69, 9.17) is 1.37 Å². The van der Waals surface area contributed by atoms with Gasteiger partial charge in [0.15, 0.2) is 0 Å². The molecule has 0 bridgehead atoms.